The molecule has 0 heterocycles. The van der Waals surface area contributed by atoms with E-state index in [1.54, 1.807) is 0 Å². The van der Waals surface area contributed by atoms with Crippen LogP contribution in [-0.4, -0.2) is 0 Å². The molecule has 12 rings (SSSR count). The summed E-state index contributed by atoms with van der Waals surface area (Å²) in [5, 5.41) is 2.48. The number of hydrogen-bond acceptors (Lipinski definition) is 1. The number of hydrogen-bond donors (Lipinski definition) is 0. The van der Waals surface area contributed by atoms with Crippen LogP contribution in [-0.2, 0) is 5.41 Å². The molecule has 0 radical (unpaired) electrons. The van der Waals surface area contributed by atoms with E-state index in [9.17, 15) is 0 Å². The second kappa shape index (κ2) is 16.7. The maximum Gasteiger partial charge on any atom is 0.0713 e. The molecule has 0 saturated heterocycles. The summed E-state index contributed by atoms with van der Waals surface area (Å²) >= 11 is 0. The van der Waals surface area contributed by atoms with Gasteiger partial charge in [0.15, 0.2) is 0 Å². The standard InChI is InChI=1S/C65H47N/c1-4-22-46(23-5-1)54-33-12-13-34-56(54)57-35-14-15-36-58(57)60-38-17-19-41-64(60)66(51-31-20-26-48(44-51)55-39-21-25-47-24-10-11-32-53(47)55)52-42-43-63-61(45-52)59-37-16-18-40-62(59)65(63,49-27-6-2-7-28-49)50-29-8-3-9-30-50/h1-13,16-45H,14-15H2. The van der Waals surface area contributed by atoms with Crippen LogP contribution in [0, 0.1) is 0 Å². The number of allylic oxidation sites excluding steroid dienone is 4. The van der Waals surface area contributed by atoms with Crippen molar-refractivity contribution in [3.05, 3.63) is 294 Å². The molecule has 10 aromatic rings. The van der Waals surface area contributed by atoms with Gasteiger partial charge in [-0.2, -0.15) is 0 Å². The monoisotopic (exact) mass is 841 g/mol. The zero-order valence-electron chi connectivity index (χ0n) is 36.7. The third kappa shape index (κ3) is 6.55. The molecular formula is C65H47N. The van der Waals surface area contributed by atoms with Crippen LogP contribution < -0.4 is 4.90 Å². The fraction of sp³-hybridized carbons (Fsp3) is 0.0462. The van der Waals surface area contributed by atoms with E-state index < -0.39 is 5.41 Å². The second-order valence-corrected chi connectivity index (χ2v) is 17.4. The molecule has 0 fully saturated rings. The van der Waals surface area contributed by atoms with E-state index in [-0.39, 0.29) is 0 Å². The maximum atomic E-state index is 2.51. The summed E-state index contributed by atoms with van der Waals surface area (Å²) in [6.07, 6.45) is 6.90. The van der Waals surface area contributed by atoms with Crippen LogP contribution in [0.1, 0.15) is 46.2 Å². The summed E-state index contributed by atoms with van der Waals surface area (Å²) in [6.45, 7) is 0. The molecule has 0 saturated carbocycles. The van der Waals surface area contributed by atoms with Crippen LogP contribution in [0.2, 0.25) is 0 Å². The highest BCUT2D eigenvalue weighted by Crippen LogP contribution is 2.57. The molecule has 312 valence electrons. The predicted molar refractivity (Wildman–Crippen MR) is 278 cm³/mol. The highest BCUT2D eigenvalue weighted by Gasteiger charge is 2.46. The van der Waals surface area contributed by atoms with Gasteiger partial charge in [-0.1, -0.05) is 231 Å². The lowest BCUT2D eigenvalue weighted by Gasteiger charge is -2.34. The van der Waals surface area contributed by atoms with Crippen molar-refractivity contribution in [2.24, 2.45) is 0 Å². The highest BCUT2D eigenvalue weighted by atomic mass is 15.1. The maximum absolute atomic E-state index is 2.51. The molecule has 2 aliphatic carbocycles. The molecular weight excluding hydrogens is 795 g/mol. The summed E-state index contributed by atoms with van der Waals surface area (Å²) in [7, 11) is 0. The van der Waals surface area contributed by atoms with Crippen molar-refractivity contribution in [3.63, 3.8) is 0 Å². The van der Waals surface area contributed by atoms with Crippen LogP contribution in [0.4, 0.5) is 17.1 Å². The van der Waals surface area contributed by atoms with Gasteiger partial charge >= 0.3 is 0 Å². The molecule has 2 aliphatic rings. The normalized spacial score (nSPS) is 13.6. The molecule has 1 nitrogen and oxygen atoms in total. The Morgan fingerprint density at radius 2 is 0.833 bits per heavy atom. The lowest BCUT2D eigenvalue weighted by molar-refractivity contribution is 0.768. The number of rotatable bonds is 9. The zero-order valence-corrected chi connectivity index (χ0v) is 36.7. The van der Waals surface area contributed by atoms with Crippen molar-refractivity contribution in [1.82, 2.24) is 0 Å². The van der Waals surface area contributed by atoms with Gasteiger partial charge in [0.25, 0.3) is 0 Å². The smallest absolute Gasteiger partial charge is 0.0713 e. The lowest BCUT2D eigenvalue weighted by atomic mass is 9.68. The van der Waals surface area contributed by atoms with Crippen molar-refractivity contribution >= 4 is 39.0 Å². The minimum absolute atomic E-state index is 0.483. The van der Waals surface area contributed by atoms with E-state index in [1.807, 2.05) is 0 Å². The highest BCUT2D eigenvalue weighted by molar-refractivity contribution is 6.11. The molecule has 0 aromatic heterocycles. The van der Waals surface area contributed by atoms with Gasteiger partial charge in [-0.25, -0.2) is 0 Å². The second-order valence-electron chi connectivity index (χ2n) is 17.4. The number of nitrogens with zero attached hydrogens (tertiary/aromatic N) is 1. The molecule has 0 N–H and O–H groups in total. The molecule has 0 bridgehead atoms. The molecule has 66 heavy (non-hydrogen) atoms. The van der Waals surface area contributed by atoms with Crippen molar-refractivity contribution < 1.29 is 0 Å². The van der Waals surface area contributed by atoms with Gasteiger partial charge in [-0.3, -0.25) is 0 Å². The van der Waals surface area contributed by atoms with Gasteiger partial charge in [0, 0.05) is 16.9 Å². The van der Waals surface area contributed by atoms with E-state index in [2.05, 4.69) is 266 Å². The van der Waals surface area contributed by atoms with E-state index in [1.165, 1.54) is 88.7 Å². The summed E-state index contributed by atoms with van der Waals surface area (Å²) in [4.78, 5) is 2.51. The first-order valence-corrected chi connectivity index (χ1v) is 23.2. The predicted octanol–water partition coefficient (Wildman–Crippen LogP) is 17.3. The Morgan fingerprint density at radius 3 is 1.59 bits per heavy atom. The van der Waals surface area contributed by atoms with Gasteiger partial charge in [0.1, 0.15) is 0 Å². The Labute approximate surface area is 387 Å². The van der Waals surface area contributed by atoms with Gasteiger partial charge in [-0.05, 0) is 126 Å². The average molecular weight is 842 g/mol. The quantitative estimate of drug-likeness (QED) is 0.140. The Kier molecular flexibility index (Phi) is 9.95. The number of para-hydroxylation sites is 1. The molecule has 1 heteroatoms. The van der Waals surface area contributed by atoms with Crippen molar-refractivity contribution in [1.29, 1.82) is 0 Å². The number of benzene rings is 10. The van der Waals surface area contributed by atoms with Crippen LogP contribution in [0.5, 0.6) is 0 Å². The van der Waals surface area contributed by atoms with Gasteiger partial charge < -0.3 is 4.90 Å². The zero-order chi connectivity index (χ0) is 43.9. The van der Waals surface area contributed by atoms with E-state index in [4.69, 9.17) is 0 Å². The van der Waals surface area contributed by atoms with Gasteiger partial charge in [0.05, 0.1) is 11.1 Å². The molecule has 0 spiro atoms. The topological polar surface area (TPSA) is 3.24 Å². The molecule has 0 atom stereocenters. The van der Waals surface area contributed by atoms with Crippen LogP contribution in [0.15, 0.2) is 261 Å². The van der Waals surface area contributed by atoms with Crippen LogP contribution in [0.3, 0.4) is 0 Å². The first kappa shape index (κ1) is 39.3. The minimum Gasteiger partial charge on any atom is -0.310 e. The van der Waals surface area contributed by atoms with Crippen molar-refractivity contribution in [3.8, 4) is 33.4 Å². The largest absolute Gasteiger partial charge is 0.310 e. The van der Waals surface area contributed by atoms with E-state index >= 15 is 0 Å². The van der Waals surface area contributed by atoms with Crippen molar-refractivity contribution in [2.75, 3.05) is 4.90 Å². The Hall–Kier alpha value is -8.26. The number of anilines is 3. The van der Waals surface area contributed by atoms with E-state index in [0.717, 1.165) is 29.9 Å². The first-order chi connectivity index (χ1) is 32.8. The fourth-order valence-electron chi connectivity index (χ4n) is 11.0. The fourth-order valence-corrected chi connectivity index (χ4v) is 11.0. The summed E-state index contributed by atoms with van der Waals surface area (Å²) < 4.78 is 0. The first-order valence-electron chi connectivity index (χ1n) is 23.2. The molecule has 10 aromatic carbocycles. The van der Waals surface area contributed by atoms with Crippen LogP contribution in [0.25, 0.3) is 55.3 Å². The molecule has 0 unspecified atom stereocenters. The Bertz CT molecular complexity index is 3420. The molecule has 0 aliphatic heterocycles. The van der Waals surface area contributed by atoms with Crippen molar-refractivity contribution in [2.45, 2.75) is 18.3 Å². The minimum atomic E-state index is -0.483. The third-order valence-corrected chi connectivity index (χ3v) is 13.8. The summed E-state index contributed by atoms with van der Waals surface area (Å²) in [5.41, 5.74) is 20.3. The summed E-state index contributed by atoms with van der Waals surface area (Å²) in [6, 6.07) is 91.7. The Balaban J connectivity index is 1.09. The summed E-state index contributed by atoms with van der Waals surface area (Å²) in [5.74, 6) is 0. The van der Waals surface area contributed by atoms with Gasteiger partial charge in [0.2, 0.25) is 0 Å². The van der Waals surface area contributed by atoms with Crippen LogP contribution >= 0.6 is 0 Å². The lowest BCUT2D eigenvalue weighted by Crippen LogP contribution is -2.28. The SMILES string of the molecule is C1=C(c2ccccc2-c2ccccc2)C(c2ccccc2N(c2cccc(-c3cccc4ccccc34)c2)c2ccc3c(c2)-c2ccccc2C3(c2ccccc2)c2ccccc2)=CCC1. The van der Waals surface area contributed by atoms with E-state index in [0.29, 0.717) is 0 Å². The molecule has 0 amide bonds. The average Bonchev–Trinajstić information content (AvgIpc) is 3.70. The third-order valence-electron chi connectivity index (χ3n) is 13.8. The van der Waals surface area contributed by atoms with Gasteiger partial charge in [-0.15, -0.1) is 0 Å². The Morgan fingerprint density at radius 1 is 0.318 bits per heavy atom. The number of fused-ring (bicyclic) bond motifs is 4.